The fraction of sp³-hybridized carbons (Fsp3) is 0.158. The lowest BCUT2D eigenvalue weighted by Gasteiger charge is -2.14. The molecule has 160 valence electrons. The lowest BCUT2D eigenvalue weighted by Crippen LogP contribution is -2.17. The van der Waals surface area contributed by atoms with Crippen molar-refractivity contribution in [3.8, 4) is 11.4 Å². The molecule has 2 heterocycles. The highest BCUT2D eigenvalue weighted by atomic mass is 32.2. The number of nitrogens with zero attached hydrogens (tertiary/aromatic N) is 5. The predicted molar refractivity (Wildman–Crippen MR) is 102 cm³/mol. The van der Waals surface area contributed by atoms with Gasteiger partial charge in [-0.3, -0.25) is 4.98 Å². The van der Waals surface area contributed by atoms with Gasteiger partial charge in [0, 0.05) is 11.6 Å². The molecule has 0 saturated heterocycles. The summed E-state index contributed by atoms with van der Waals surface area (Å²) >= 11 is 0. The third-order valence-electron chi connectivity index (χ3n) is 4.52. The van der Waals surface area contributed by atoms with Crippen LogP contribution in [0.1, 0.15) is 12.5 Å². The SMILES string of the molecule is CCc1ccc(S(=O)(=O)c2cnc3ccc(OC(F)(F)F)cc3c2-n2cnnn2)cc1. The van der Waals surface area contributed by atoms with Crippen LogP contribution in [0.3, 0.4) is 0 Å². The Balaban J connectivity index is 1.97. The number of aryl methyl sites for hydroxylation is 1. The topological polar surface area (TPSA) is 99.9 Å². The molecule has 0 aliphatic heterocycles. The number of hydrogen-bond donors (Lipinski definition) is 0. The molecular formula is C19H14F3N5O3S. The van der Waals surface area contributed by atoms with Gasteiger partial charge in [-0.2, -0.15) is 4.68 Å². The maximum atomic E-state index is 13.4. The van der Waals surface area contributed by atoms with Crippen LogP contribution in [-0.2, 0) is 16.3 Å². The Bertz CT molecular complexity index is 1340. The number of aromatic nitrogens is 5. The van der Waals surface area contributed by atoms with Crippen LogP contribution in [0.4, 0.5) is 13.2 Å². The number of hydrogen-bond acceptors (Lipinski definition) is 7. The van der Waals surface area contributed by atoms with Gasteiger partial charge in [-0.15, -0.1) is 18.3 Å². The van der Waals surface area contributed by atoms with Crippen LogP contribution in [0.5, 0.6) is 5.75 Å². The first kappa shape index (κ1) is 20.7. The number of sulfone groups is 1. The van der Waals surface area contributed by atoms with Gasteiger partial charge in [-0.25, -0.2) is 8.42 Å². The van der Waals surface area contributed by atoms with E-state index in [1.54, 1.807) is 12.1 Å². The van der Waals surface area contributed by atoms with Crippen molar-refractivity contribution in [2.24, 2.45) is 0 Å². The lowest BCUT2D eigenvalue weighted by atomic mass is 10.2. The third-order valence-corrected chi connectivity index (χ3v) is 6.29. The van der Waals surface area contributed by atoms with Crippen molar-refractivity contribution < 1.29 is 26.3 Å². The molecule has 0 radical (unpaired) electrons. The van der Waals surface area contributed by atoms with Crippen LogP contribution in [0.25, 0.3) is 16.6 Å². The van der Waals surface area contributed by atoms with Gasteiger partial charge >= 0.3 is 6.36 Å². The molecule has 0 bridgehead atoms. The summed E-state index contributed by atoms with van der Waals surface area (Å²) in [6.45, 7) is 1.94. The number of benzene rings is 2. The molecule has 0 N–H and O–H groups in total. The van der Waals surface area contributed by atoms with E-state index in [2.05, 4.69) is 25.2 Å². The van der Waals surface area contributed by atoms with Crippen molar-refractivity contribution >= 4 is 20.7 Å². The second-order valence-corrected chi connectivity index (χ2v) is 8.37. The van der Waals surface area contributed by atoms with Crippen molar-refractivity contribution in [3.63, 3.8) is 0 Å². The van der Waals surface area contributed by atoms with Crippen molar-refractivity contribution in [1.29, 1.82) is 0 Å². The summed E-state index contributed by atoms with van der Waals surface area (Å²) in [4.78, 5) is 3.86. The molecule has 0 amide bonds. The fourth-order valence-electron chi connectivity index (χ4n) is 3.06. The predicted octanol–water partition coefficient (Wildman–Crippen LogP) is 3.50. The van der Waals surface area contributed by atoms with Gasteiger partial charge < -0.3 is 4.74 Å². The number of ether oxygens (including phenoxy) is 1. The average Bonchev–Trinajstić information content (AvgIpc) is 3.26. The van der Waals surface area contributed by atoms with Gasteiger partial charge in [-0.05, 0) is 52.7 Å². The van der Waals surface area contributed by atoms with Crippen LogP contribution < -0.4 is 4.74 Å². The highest BCUT2D eigenvalue weighted by Crippen LogP contribution is 2.34. The van der Waals surface area contributed by atoms with Crippen molar-refractivity contribution in [2.45, 2.75) is 29.5 Å². The van der Waals surface area contributed by atoms with Crippen LogP contribution >= 0.6 is 0 Å². The highest BCUT2D eigenvalue weighted by Gasteiger charge is 2.32. The Morgan fingerprint density at radius 1 is 1.10 bits per heavy atom. The molecule has 4 aromatic rings. The standard InChI is InChI=1S/C19H14F3N5O3S/c1-2-12-3-6-14(7-4-12)31(28,29)17-10-23-16-8-5-13(30-19(20,21)22)9-15(16)18(17)27-11-24-25-26-27/h3-11H,2H2,1H3. The second-order valence-electron chi connectivity index (χ2n) is 6.45. The molecule has 0 fully saturated rings. The molecule has 4 rings (SSSR count). The van der Waals surface area contributed by atoms with E-state index in [1.807, 2.05) is 6.92 Å². The zero-order chi connectivity index (χ0) is 22.2. The van der Waals surface area contributed by atoms with Gasteiger partial charge in [0.25, 0.3) is 0 Å². The summed E-state index contributed by atoms with van der Waals surface area (Å²) in [7, 11) is -4.10. The Hall–Kier alpha value is -3.54. The molecule has 0 atom stereocenters. The second kappa shape index (κ2) is 7.61. The van der Waals surface area contributed by atoms with Gasteiger partial charge in [-0.1, -0.05) is 19.1 Å². The molecule has 0 spiro atoms. The quantitative estimate of drug-likeness (QED) is 0.460. The fourth-order valence-corrected chi connectivity index (χ4v) is 4.46. The lowest BCUT2D eigenvalue weighted by molar-refractivity contribution is -0.274. The van der Waals surface area contributed by atoms with Crippen LogP contribution in [-0.4, -0.2) is 40.0 Å². The highest BCUT2D eigenvalue weighted by molar-refractivity contribution is 7.91. The normalized spacial score (nSPS) is 12.3. The van der Waals surface area contributed by atoms with Crippen LogP contribution in [0.2, 0.25) is 0 Å². The van der Waals surface area contributed by atoms with E-state index in [4.69, 9.17) is 0 Å². The van der Waals surface area contributed by atoms with E-state index in [9.17, 15) is 21.6 Å². The Morgan fingerprint density at radius 3 is 2.45 bits per heavy atom. The molecule has 0 saturated carbocycles. The van der Waals surface area contributed by atoms with E-state index in [-0.39, 0.29) is 26.4 Å². The minimum atomic E-state index is -4.92. The number of rotatable bonds is 5. The van der Waals surface area contributed by atoms with Crippen molar-refractivity contribution in [2.75, 3.05) is 0 Å². The summed E-state index contributed by atoms with van der Waals surface area (Å²) in [5, 5.41) is 10.8. The first-order valence-corrected chi connectivity index (χ1v) is 10.4. The smallest absolute Gasteiger partial charge is 0.406 e. The van der Waals surface area contributed by atoms with Gasteiger partial charge in [0.2, 0.25) is 9.84 Å². The van der Waals surface area contributed by atoms with Crippen LogP contribution in [0.15, 0.2) is 64.8 Å². The van der Waals surface area contributed by atoms with Crippen LogP contribution in [0, 0.1) is 0 Å². The van der Waals surface area contributed by atoms with Gasteiger partial charge in [0.05, 0.1) is 16.1 Å². The molecule has 31 heavy (non-hydrogen) atoms. The molecule has 2 aromatic heterocycles. The first-order chi connectivity index (χ1) is 14.7. The van der Waals surface area contributed by atoms with E-state index in [0.29, 0.717) is 0 Å². The van der Waals surface area contributed by atoms with Gasteiger partial charge in [0.1, 0.15) is 17.0 Å². The Morgan fingerprint density at radius 2 is 1.84 bits per heavy atom. The number of pyridine rings is 1. The van der Waals surface area contributed by atoms with E-state index < -0.39 is 21.9 Å². The Labute approximate surface area is 174 Å². The Kier molecular flexibility index (Phi) is 5.09. The molecule has 2 aromatic carbocycles. The molecule has 8 nitrogen and oxygen atoms in total. The third kappa shape index (κ3) is 4.06. The summed E-state index contributed by atoms with van der Waals surface area (Å²) in [5.74, 6) is -0.530. The summed E-state index contributed by atoms with van der Waals surface area (Å²) in [6, 6.07) is 9.73. The minimum Gasteiger partial charge on any atom is -0.406 e. The monoisotopic (exact) mass is 449 g/mol. The molecule has 0 unspecified atom stereocenters. The summed E-state index contributed by atoms with van der Waals surface area (Å²) < 4.78 is 69.9. The molecule has 12 heteroatoms. The molecule has 0 aliphatic carbocycles. The van der Waals surface area contributed by atoms with E-state index in [0.717, 1.165) is 41.3 Å². The average molecular weight is 449 g/mol. The zero-order valence-corrected chi connectivity index (χ0v) is 16.7. The molecule has 0 aliphatic rings. The minimum absolute atomic E-state index is 0.00266. The maximum Gasteiger partial charge on any atom is 0.573 e. The van der Waals surface area contributed by atoms with Crippen molar-refractivity contribution in [1.82, 2.24) is 25.2 Å². The number of tetrazole rings is 1. The maximum absolute atomic E-state index is 13.4. The van der Waals surface area contributed by atoms with Crippen molar-refractivity contribution in [3.05, 3.63) is 60.6 Å². The number of fused-ring (bicyclic) bond motifs is 1. The number of alkyl halides is 3. The van der Waals surface area contributed by atoms with E-state index in [1.165, 1.54) is 18.2 Å². The first-order valence-electron chi connectivity index (χ1n) is 8.95. The van der Waals surface area contributed by atoms with E-state index >= 15 is 0 Å². The van der Waals surface area contributed by atoms with Gasteiger partial charge in [0.15, 0.2) is 0 Å². The molecular weight excluding hydrogens is 435 g/mol. The number of halogens is 3. The zero-order valence-electron chi connectivity index (χ0n) is 15.9. The summed E-state index contributed by atoms with van der Waals surface area (Å²) in [6.07, 6.45) is -1.91. The largest absolute Gasteiger partial charge is 0.573 e. The summed E-state index contributed by atoms with van der Waals surface area (Å²) in [5.41, 5.74) is 1.15.